The van der Waals surface area contributed by atoms with Gasteiger partial charge in [0.2, 0.25) is 0 Å². The largest absolute Gasteiger partial charge is 0.416 e. The summed E-state index contributed by atoms with van der Waals surface area (Å²) in [5.74, 6) is 0.626. The van der Waals surface area contributed by atoms with E-state index >= 15 is 0 Å². The molecule has 4 nitrogen and oxygen atoms in total. The monoisotopic (exact) mass is 384 g/mol. The number of rotatable bonds is 3. The predicted octanol–water partition coefficient (Wildman–Crippen LogP) is 5.11. The molecule has 0 aliphatic carbocycles. The van der Waals surface area contributed by atoms with E-state index in [0.717, 1.165) is 42.0 Å². The first kappa shape index (κ1) is 18.3. The second-order valence-corrected chi connectivity index (χ2v) is 6.85. The van der Waals surface area contributed by atoms with Gasteiger partial charge in [0.15, 0.2) is 0 Å². The molecule has 2 aromatic carbocycles. The molecule has 1 N–H and O–H groups in total. The summed E-state index contributed by atoms with van der Waals surface area (Å²) in [6.45, 7) is 3.55. The standard InChI is InChI=1S/C21H19F3N4/c1-14-2-8-17(9-3-14)28-11-10-19-18(12-28)20(26-13-25-19)27-16-6-4-15(5-7-16)21(22,23)24/h2-9,13H,10-12H2,1H3,(H,25,26,27). The molecule has 0 atom stereocenters. The molecule has 0 radical (unpaired) electrons. The summed E-state index contributed by atoms with van der Waals surface area (Å²) < 4.78 is 38.3. The van der Waals surface area contributed by atoms with Crippen LogP contribution in [0.3, 0.4) is 0 Å². The molecule has 1 aliphatic rings. The molecule has 4 rings (SSSR count). The molecule has 0 amide bonds. The van der Waals surface area contributed by atoms with E-state index in [2.05, 4.69) is 51.4 Å². The Labute approximate surface area is 161 Å². The zero-order valence-corrected chi connectivity index (χ0v) is 15.3. The number of aromatic nitrogens is 2. The molecule has 0 saturated heterocycles. The van der Waals surface area contributed by atoms with Crippen molar-refractivity contribution in [3.05, 3.63) is 77.2 Å². The highest BCUT2D eigenvalue weighted by atomic mass is 19.4. The van der Waals surface area contributed by atoms with E-state index in [-0.39, 0.29) is 0 Å². The van der Waals surface area contributed by atoms with Crippen molar-refractivity contribution in [3.8, 4) is 0 Å². The van der Waals surface area contributed by atoms with Crippen molar-refractivity contribution in [2.75, 3.05) is 16.8 Å². The van der Waals surface area contributed by atoms with Crippen molar-refractivity contribution in [1.29, 1.82) is 0 Å². The van der Waals surface area contributed by atoms with Crippen molar-refractivity contribution < 1.29 is 13.2 Å². The smallest absolute Gasteiger partial charge is 0.367 e. The maximum atomic E-state index is 12.8. The summed E-state index contributed by atoms with van der Waals surface area (Å²) in [5, 5.41) is 3.15. The van der Waals surface area contributed by atoms with Gasteiger partial charge in [-0.05, 0) is 43.3 Å². The summed E-state index contributed by atoms with van der Waals surface area (Å²) in [7, 11) is 0. The van der Waals surface area contributed by atoms with Crippen molar-refractivity contribution in [2.45, 2.75) is 26.1 Å². The first-order chi connectivity index (χ1) is 13.4. The summed E-state index contributed by atoms with van der Waals surface area (Å²) in [4.78, 5) is 11.0. The van der Waals surface area contributed by atoms with E-state index in [4.69, 9.17) is 0 Å². The first-order valence-corrected chi connectivity index (χ1v) is 8.99. The van der Waals surface area contributed by atoms with Crippen LogP contribution in [0, 0.1) is 6.92 Å². The van der Waals surface area contributed by atoms with Crippen LogP contribution in [-0.2, 0) is 19.1 Å². The van der Waals surface area contributed by atoms with Gasteiger partial charge in [-0.25, -0.2) is 9.97 Å². The summed E-state index contributed by atoms with van der Waals surface area (Å²) >= 11 is 0. The fourth-order valence-corrected chi connectivity index (χ4v) is 3.30. The molecule has 1 aromatic heterocycles. The van der Waals surface area contributed by atoms with Crippen molar-refractivity contribution >= 4 is 17.2 Å². The molecule has 0 saturated carbocycles. The highest BCUT2D eigenvalue weighted by Gasteiger charge is 2.30. The van der Waals surface area contributed by atoms with Gasteiger partial charge in [0.05, 0.1) is 11.3 Å². The minimum absolute atomic E-state index is 0.557. The lowest BCUT2D eigenvalue weighted by molar-refractivity contribution is -0.137. The lowest BCUT2D eigenvalue weighted by Crippen LogP contribution is -2.31. The van der Waals surface area contributed by atoms with Crippen LogP contribution in [0.25, 0.3) is 0 Å². The minimum atomic E-state index is -4.35. The van der Waals surface area contributed by atoms with Crippen molar-refractivity contribution in [1.82, 2.24) is 9.97 Å². The van der Waals surface area contributed by atoms with E-state index in [1.165, 1.54) is 24.0 Å². The quantitative estimate of drug-likeness (QED) is 0.681. The van der Waals surface area contributed by atoms with Crippen molar-refractivity contribution in [3.63, 3.8) is 0 Å². The Hall–Kier alpha value is -3.09. The minimum Gasteiger partial charge on any atom is -0.367 e. The van der Waals surface area contributed by atoms with Gasteiger partial charge in [-0.2, -0.15) is 13.2 Å². The number of anilines is 3. The summed E-state index contributed by atoms with van der Waals surface area (Å²) in [6.07, 6.45) is -2.07. The Kier molecular flexibility index (Phi) is 4.66. The van der Waals surface area contributed by atoms with E-state index in [1.54, 1.807) is 0 Å². The Morgan fingerprint density at radius 1 is 0.964 bits per heavy atom. The van der Waals surface area contributed by atoms with Gasteiger partial charge < -0.3 is 10.2 Å². The second-order valence-electron chi connectivity index (χ2n) is 6.85. The van der Waals surface area contributed by atoms with E-state index in [9.17, 15) is 13.2 Å². The van der Waals surface area contributed by atoms with Gasteiger partial charge in [-0.15, -0.1) is 0 Å². The van der Waals surface area contributed by atoms with Gasteiger partial charge in [0.1, 0.15) is 12.1 Å². The van der Waals surface area contributed by atoms with E-state index < -0.39 is 11.7 Å². The van der Waals surface area contributed by atoms with Crippen LogP contribution in [-0.4, -0.2) is 16.5 Å². The van der Waals surface area contributed by atoms with Crippen LogP contribution in [0.1, 0.15) is 22.4 Å². The Bertz CT molecular complexity index is 966. The SMILES string of the molecule is Cc1ccc(N2CCc3ncnc(Nc4ccc(C(F)(F)F)cc4)c3C2)cc1. The zero-order chi connectivity index (χ0) is 19.7. The molecular weight excluding hydrogens is 365 g/mol. The van der Waals surface area contributed by atoms with E-state index in [1.807, 2.05) is 0 Å². The normalized spacial score (nSPS) is 13.9. The molecule has 0 fully saturated rings. The number of nitrogens with one attached hydrogen (secondary N) is 1. The van der Waals surface area contributed by atoms with Crippen molar-refractivity contribution in [2.24, 2.45) is 0 Å². The molecular formula is C21H19F3N4. The Balaban J connectivity index is 1.58. The second kappa shape index (κ2) is 7.14. The summed E-state index contributed by atoms with van der Waals surface area (Å²) in [6, 6.07) is 13.3. The van der Waals surface area contributed by atoms with Crippen LogP contribution in [0.5, 0.6) is 0 Å². The zero-order valence-electron chi connectivity index (χ0n) is 15.3. The van der Waals surface area contributed by atoms with Gasteiger partial charge in [-0.3, -0.25) is 0 Å². The molecule has 144 valence electrons. The van der Waals surface area contributed by atoms with Gasteiger partial charge in [0.25, 0.3) is 0 Å². The molecule has 7 heteroatoms. The van der Waals surface area contributed by atoms with E-state index in [0.29, 0.717) is 18.1 Å². The molecule has 2 heterocycles. The third-order valence-corrected chi connectivity index (χ3v) is 4.88. The number of hydrogen-bond acceptors (Lipinski definition) is 4. The van der Waals surface area contributed by atoms with Crippen LogP contribution in [0.4, 0.5) is 30.4 Å². The fraction of sp³-hybridized carbons (Fsp3) is 0.238. The number of nitrogens with zero attached hydrogens (tertiary/aromatic N) is 3. The van der Waals surface area contributed by atoms with Gasteiger partial charge in [0, 0.05) is 36.4 Å². The molecule has 0 bridgehead atoms. The highest BCUT2D eigenvalue weighted by Crippen LogP contribution is 2.32. The van der Waals surface area contributed by atoms with Gasteiger partial charge >= 0.3 is 6.18 Å². The first-order valence-electron chi connectivity index (χ1n) is 8.99. The molecule has 3 aromatic rings. The number of aryl methyl sites for hydroxylation is 1. The molecule has 0 unspecified atom stereocenters. The number of hydrogen-bond donors (Lipinski definition) is 1. The lowest BCUT2D eigenvalue weighted by Gasteiger charge is -2.31. The average Bonchev–Trinajstić information content (AvgIpc) is 2.68. The molecule has 28 heavy (non-hydrogen) atoms. The third-order valence-electron chi connectivity index (χ3n) is 4.88. The maximum Gasteiger partial charge on any atom is 0.416 e. The maximum absolute atomic E-state index is 12.8. The number of halogens is 3. The number of alkyl halides is 3. The lowest BCUT2D eigenvalue weighted by atomic mass is 10.0. The average molecular weight is 384 g/mol. The Morgan fingerprint density at radius 2 is 1.68 bits per heavy atom. The fourth-order valence-electron chi connectivity index (χ4n) is 3.30. The Morgan fingerprint density at radius 3 is 2.36 bits per heavy atom. The molecule has 0 spiro atoms. The highest BCUT2D eigenvalue weighted by molar-refractivity contribution is 5.62. The number of benzene rings is 2. The summed E-state index contributed by atoms with van der Waals surface area (Å²) in [5.41, 5.74) is 4.14. The molecule has 1 aliphatic heterocycles. The van der Waals surface area contributed by atoms with Crippen LogP contribution >= 0.6 is 0 Å². The topological polar surface area (TPSA) is 41.1 Å². The van der Waals surface area contributed by atoms with Crippen LogP contribution < -0.4 is 10.2 Å². The van der Waals surface area contributed by atoms with Gasteiger partial charge in [-0.1, -0.05) is 17.7 Å². The van der Waals surface area contributed by atoms with Crippen LogP contribution in [0.2, 0.25) is 0 Å². The van der Waals surface area contributed by atoms with Crippen LogP contribution in [0.15, 0.2) is 54.9 Å². The third kappa shape index (κ3) is 3.78. The predicted molar refractivity (Wildman–Crippen MR) is 103 cm³/mol. The number of fused-ring (bicyclic) bond motifs is 1.